The van der Waals surface area contributed by atoms with Crippen LogP contribution in [-0.2, 0) is 12.8 Å². The van der Waals surface area contributed by atoms with Gasteiger partial charge in [-0.2, -0.15) is 0 Å². The highest BCUT2D eigenvalue weighted by Crippen LogP contribution is 2.17. The maximum Gasteiger partial charge on any atom is 0.191 e. The van der Waals surface area contributed by atoms with Crippen LogP contribution in [0.1, 0.15) is 55.8 Å². The quantitative estimate of drug-likeness (QED) is 0.627. The first kappa shape index (κ1) is 16.3. The van der Waals surface area contributed by atoms with Crippen LogP contribution in [0.2, 0.25) is 0 Å². The van der Waals surface area contributed by atoms with Gasteiger partial charge in [0.25, 0.3) is 0 Å². The van der Waals surface area contributed by atoms with Crippen LogP contribution in [0.5, 0.6) is 0 Å². The fourth-order valence-corrected chi connectivity index (χ4v) is 3.50. The SMILES string of the molecule is CCNC(=NCCc1ncc(CC)s1)NC1CCCCC1. The van der Waals surface area contributed by atoms with Crippen LogP contribution < -0.4 is 10.6 Å². The number of guanidine groups is 1. The van der Waals surface area contributed by atoms with E-state index in [2.05, 4.69) is 29.5 Å². The van der Waals surface area contributed by atoms with Crippen molar-refractivity contribution in [2.24, 2.45) is 4.99 Å². The molecule has 1 saturated carbocycles. The maximum atomic E-state index is 4.70. The van der Waals surface area contributed by atoms with E-state index in [0.29, 0.717) is 6.04 Å². The van der Waals surface area contributed by atoms with Crippen molar-refractivity contribution in [3.05, 3.63) is 16.1 Å². The number of nitrogens with one attached hydrogen (secondary N) is 2. The van der Waals surface area contributed by atoms with E-state index >= 15 is 0 Å². The highest BCUT2D eigenvalue weighted by molar-refractivity contribution is 7.11. The Morgan fingerprint density at radius 3 is 2.81 bits per heavy atom. The third kappa shape index (κ3) is 5.65. The Kier molecular flexibility index (Phi) is 7.00. The van der Waals surface area contributed by atoms with Gasteiger partial charge in [-0.05, 0) is 26.2 Å². The molecule has 0 amide bonds. The van der Waals surface area contributed by atoms with Gasteiger partial charge in [0.15, 0.2) is 5.96 Å². The molecule has 2 rings (SSSR count). The molecule has 1 aromatic heterocycles. The summed E-state index contributed by atoms with van der Waals surface area (Å²) in [6, 6.07) is 0.600. The topological polar surface area (TPSA) is 49.3 Å². The van der Waals surface area contributed by atoms with Crippen LogP contribution in [0.15, 0.2) is 11.2 Å². The van der Waals surface area contributed by atoms with Crippen LogP contribution in [0.25, 0.3) is 0 Å². The molecule has 0 aromatic carbocycles. The number of aliphatic imine (C=N–C) groups is 1. The van der Waals surface area contributed by atoms with Gasteiger partial charge in [-0.3, -0.25) is 4.99 Å². The minimum Gasteiger partial charge on any atom is -0.357 e. The van der Waals surface area contributed by atoms with Crippen molar-refractivity contribution >= 4 is 17.3 Å². The van der Waals surface area contributed by atoms with Crippen molar-refractivity contribution in [3.8, 4) is 0 Å². The summed E-state index contributed by atoms with van der Waals surface area (Å²) in [6.45, 7) is 6.01. The molecule has 0 radical (unpaired) electrons. The van der Waals surface area contributed by atoms with Crippen LogP contribution in [0, 0.1) is 0 Å². The second-order valence-corrected chi connectivity index (χ2v) is 6.76. The number of thiazole rings is 1. The summed E-state index contributed by atoms with van der Waals surface area (Å²) in [5.74, 6) is 0.969. The lowest BCUT2D eigenvalue weighted by molar-refractivity contribution is 0.410. The molecule has 0 aliphatic heterocycles. The first-order chi connectivity index (χ1) is 10.3. The summed E-state index contributed by atoms with van der Waals surface area (Å²) in [5, 5.41) is 8.13. The summed E-state index contributed by atoms with van der Waals surface area (Å²) in [4.78, 5) is 10.5. The zero-order chi connectivity index (χ0) is 14.9. The van der Waals surface area contributed by atoms with E-state index in [0.717, 1.165) is 31.9 Å². The van der Waals surface area contributed by atoms with E-state index in [1.165, 1.54) is 42.0 Å². The van der Waals surface area contributed by atoms with Gasteiger partial charge in [-0.25, -0.2) is 4.98 Å². The molecule has 0 bridgehead atoms. The van der Waals surface area contributed by atoms with Crippen LogP contribution in [0.3, 0.4) is 0 Å². The molecule has 1 aliphatic rings. The van der Waals surface area contributed by atoms with Crippen LogP contribution in [0.4, 0.5) is 0 Å². The number of nitrogens with zero attached hydrogens (tertiary/aromatic N) is 2. The van der Waals surface area contributed by atoms with Crippen molar-refractivity contribution < 1.29 is 0 Å². The van der Waals surface area contributed by atoms with Gasteiger partial charge >= 0.3 is 0 Å². The minimum atomic E-state index is 0.600. The number of hydrogen-bond acceptors (Lipinski definition) is 3. The van der Waals surface area contributed by atoms with Crippen molar-refractivity contribution in [2.75, 3.05) is 13.1 Å². The normalized spacial score (nSPS) is 17.0. The number of aromatic nitrogens is 1. The predicted octanol–water partition coefficient (Wildman–Crippen LogP) is 3.14. The predicted molar refractivity (Wildman–Crippen MR) is 91.2 cm³/mol. The van der Waals surface area contributed by atoms with E-state index in [-0.39, 0.29) is 0 Å². The fourth-order valence-electron chi connectivity index (χ4n) is 2.65. The molecular formula is C16H28N4S. The second kappa shape index (κ2) is 9.03. The average molecular weight is 308 g/mol. The van der Waals surface area contributed by atoms with E-state index in [4.69, 9.17) is 4.99 Å². The molecular weight excluding hydrogens is 280 g/mol. The largest absolute Gasteiger partial charge is 0.357 e. The zero-order valence-electron chi connectivity index (χ0n) is 13.3. The number of aryl methyl sites for hydroxylation is 1. The lowest BCUT2D eigenvalue weighted by Crippen LogP contribution is -2.44. The summed E-state index contributed by atoms with van der Waals surface area (Å²) in [6.07, 6.45) is 10.6. The first-order valence-corrected chi connectivity index (χ1v) is 9.12. The van der Waals surface area contributed by atoms with E-state index in [1.807, 2.05) is 17.5 Å². The monoisotopic (exact) mass is 308 g/mol. The highest BCUT2D eigenvalue weighted by atomic mass is 32.1. The lowest BCUT2D eigenvalue weighted by Gasteiger charge is -2.24. The van der Waals surface area contributed by atoms with Crippen molar-refractivity contribution in [1.82, 2.24) is 15.6 Å². The van der Waals surface area contributed by atoms with Gasteiger partial charge in [-0.1, -0.05) is 26.2 Å². The first-order valence-electron chi connectivity index (χ1n) is 8.30. The molecule has 4 nitrogen and oxygen atoms in total. The minimum absolute atomic E-state index is 0.600. The Morgan fingerprint density at radius 2 is 2.14 bits per heavy atom. The molecule has 0 spiro atoms. The standard InChI is InChI=1S/C16H28N4S/c1-3-14-12-19-15(21-14)10-11-18-16(17-4-2)20-13-8-6-5-7-9-13/h12-13H,3-11H2,1-2H3,(H2,17,18,20). The summed E-state index contributed by atoms with van der Waals surface area (Å²) >= 11 is 1.81. The molecule has 1 heterocycles. The summed E-state index contributed by atoms with van der Waals surface area (Å²) in [5.41, 5.74) is 0. The Labute approximate surface area is 132 Å². The Bertz CT molecular complexity index is 435. The molecule has 21 heavy (non-hydrogen) atoms. The molecule has 118 valence electrons. The fraction of sp³-hybridized carbons (Fsp3) is 0.750. The molecule has 2 N–H and O–H groups in total. The molecule has 0 saturated heterocycles. The maximum absolute atomic E-state index is 4.70. The van der Waals surface area contributed by atoms with E-state index < -0.39 is 0 Å². The van der Waals surface area contributed by atoms with Crippen molar-refractivity contribution in [1.29, 1.82) is 0 Å². The number of rotatable bonds is 6. The van der Waals surface area contributed by atoms with Gasteiger partial charge in [0.2, 0.25) is 0 Å². The lowest BCUT2D eigenvalue weighted by atomic mass is 9.96. The van der Waals surface area contributed by atoms with Gasteiger partial charge in [0, 0.05) is 36.6 Å². The Morgan fingerprint density at radius 1 is 1.33 bits per heavy atom. The van der Waals surface area contributed by atoms with Gasteiger partial charge in [0.05, 0.1) is 5.01 Å². The second-order valence-electron chi connectivity index (χ2n) is 5.56. The van der Waals surface area contributed by atoms with Crippen LogP contribution >= 0.6 is 11.3 Å². The summed E-state index contributed by atoms with van der Waals surface area (Å²) < 4.78 is 0. The molecule has 0 unspecified atom stereocenters. The third-order valence-corrected chi connectivity index (χ3v) is 5.04. The molecule has 1 aromatic rings. The highest BCUT2D eigenvalue weighted by Gasteiger charge is 2.14. The van der Waals surface area contributed by atoms with Crippen LogP contribution in [-0.4, -0.2) is 30.1 Å². The van der Waals surface area contributed by atoms with Gasteiger partial charge < -0.3 is 10.6 Å². The third-order valence-electron chi connectivity index (χ3n) is 3.84. The molecule has 1 fully saturated rings. The van der Waals surface area contributed by atoms with Gasteiger partial charge in [0.1, 0.15) is 0 Å². The Hall–Kier alpha value is -1.10. The van der Waals surface area contributed by atoms with Gasteiger partial charge in [-0.15, -0.1) is 11.3 Å². The van der Waals surface area contributed by atoms with Crippen molar-refractivity contribution in [2.45, 2.75) is 64.8 Å². The number of hydrogen-bond donors (Lipinski definition) is 2. The summed E-state index contributed by atoms with van der Waals surface area (Å²) in [7, 11) is 0. The zero-order valence-corrected chi connectivity index (χ0v) is 14.1. The van der Waals surface area contributed by atoms with E-state index in [1.54, 1.807) is 0 Å². The van der Waals surface area contributed by atoms with Crippen molar-refractivity contribution in [3.63, 3.8) is 0 Å². The average Bonchev–Trinajstić information content (AvgIpc) is 2.96. The smallest absolute Gasteiger partial charge is 0.191 e. The molecule has 5 heteroatoms. The molecule has 0 atom stereocenters. The Balaban J connectivity index is 1.81. The molecule has 1 aliphatic carbocycles. The van der Waals surface area contributed by atoms with E-state index in [9.17, 15) is 0 Å².